The number of sulfonamides is 1. The minimum absolute atomic E-state index is 0.155. The summed E-state index contributed by atoms with van der Waals surface area (Å²) in [4.78, 5) is 9.85. The molecule has 2 rings (SSSR count). The summed E-state index contributed by atoms with van der Waals surface area (Å²) in [6.07, 6.45) is 0.955. The predicted molar refractivity (Wildman–Crippen MR) is 78.1 cm³/mol. The molecule has 0 amide bonds. The van der Waals surface area contributed by atoms with E-state index in [-0.39, 0.29) is 16.5 Å². The Morgan fingerprint density at radius 2 is 2.25 bits per heavy atom. The number of nitrogens with one attached hydrogen (secondary N) is 1. The second-order valence-electron chi connectivity index (χ2n) is 4.57. The van der Waals surface area contributed by atoms with Crippen LogP contribution in [-0.4, -0.2) is 31.4 Å². The van der Waals surface area contributed by atoms with Crippen LogP contribution in [-0.2, 0) is 10.0 Å². The van der Waals surface area contributed by atoms with E-state index in [0.29, 0.717) is 6.54 Å². The van der Waals surface area contributed by atoms with Crippen LogP contribution in [0.2, 0.25) is 0 Å². The molecule has 1 atom stereocenters. The molecule has 0 aliphatic carbocycles. The minimum Gasteiger partial charge on any atom is -0.399 e. The fourth-order valence-electron chi connectivity index (χ4n) is 1.95. The Labute approximate surface area is 121 Å². The Morgan fingerprint density at radius 3 is 2.85 bits per heavy atom. The van der Waals surface area contributed by atoms with Gasteiger partial charge in [-0.05, 0) is 36.0 Å². The van der Waals surface area contributed by atoms with Crippen molar-refractivity contribution in [2.45, 2.75) is 11.3 Å². The van der Waals surface area contributed by atoms with Gasteiger partial charge in [-0.2, -0.15) is 11.8 Å². The van der Waals surface area contributed by atoms with Crippen LogP contribution >= 0.6 is 11.8 Å². The van der Waals surface area contributed by atoms with Crippen molar-refractivity contribution >= 4 is 33.2 Å². The zero-order valence-electron chi connectivity index (χ0n) is 10.6. The molecule has 20 heavy (non-hydrogen) atoms. The average molecular weight is 317 g/mol. The van der Waals surface area contributed by atoms with Crippen LogP contribution in [0.1, 0.15) is 6.42 Å². The Balaban J connectivity index is 2.22. The number of hydrogen-bond acceptors (Lipinski definition) is 6. The van der Waals surface area contributed by atoms with Gasteiger partial charge >= 0.3 is 0 Å². The van der Waals surface area contributed by atoms with E-state index >= 15 is 0 Å². The van der Waals surface area contributed by atoms with E-state index in [1.54, 1.807) is 11.8 Å². The summed E-state index contributed by atoms with van der Waals surface area (Å²) in [5.41, 5.74) is 5.11. The lowest BCUT2D eigenvalue weighted by molar-refractivity contribution is -0.387. The van der Waals surface area contributed by atoms with E-state index in [4.69, 9.17) is 5.73 Å². The van der Waals surface area contributed by atoms with Crippen LogP contribution in [0.4, 0.5) is 11.4 Å². The van der Waals surface area contributed by atoms with Crippen LogP contribution in [0.15, 0.2) is 23.1 Å². The highest BCUT2D eigenvalue weighted by Gasteiger charge is 2.27. The van der Waals surface area contributed by atoms with Crippen molar-refractivity contribution in [2.24, 2.45) is 5.92 Å². The first-order chi connectivity index (χ1) is 9.40. The number of nitrogens with zero attached hydrogens (tertiary/aromatic N) is 1. The van der Waals surface area contributed by atoms with Crippen LogP contribution in [0.5, 0.6) is 0 Å². The minimum atomic E-state index is -3.90. The van der Waals surface area contributed by atoms with Crippen LogP contribution in [0.25, 0.3) is 0 Å². The lowest BCUT2D eigenvalue weighted by Gasteiger charge is -2.11. The Kier molecular flexibility index (Phi) is 4.51. The molecule has 0 spiro atoms. The van der Waals surface area contributed by atoms with Gasteiger partial charge in [0.1, 0.15) is 0 Å². The van der Waals surface area contributed by atoms with Gasteiger partial charge < -0.3 is 5.73 Å². The smallest absolute Gasteiger partial charge is 0.291 e. The molecule has 0 radical (unpaired) electrons. The summed E-state index contributed by atoms with van der Waals surface area (Å²) in [5, 5.41) is 10.9. The maximum absolute atomic E-state index is 12.2. The highest BCUT2D eigenvalue weighted by atomic mass is 32.2. The first-order valence-electron chi connectivity index (χ1n) is 6.01. The van der Waals surface area contributed by atoms with Crippen LogP contribution < -0.4 is 10.5 Å². The molecule has 1 heterocycles. The number of hydrogen-bond donors (Lipinski definition) is 2. The number of anilines is 1. The third-order valence-corrected chi connectivity index (χ3v) is 5.76. The van der Waals surface area contributed by atoms with E-state index in [2.05, 4.69) is 4.72 Å². The largest absolute Gasteiger partial charge is 0.399 e. The van der Waals surface area contributed by atoms with Gasteiger partial charge in [0.05, 0.1) is 4.92 Å². The number of nitro benzene ring substituents is 1. The molecule has 0 aromatic heterocycles. The molecule has 1 aromatic carbocycles. The molecule has 1 aliphatic heterocycles. The molecular formula is C11H15N3O4S2. The quantitative estimate of drug-likeness (QED) is 0.479. The standard InChI is InChI=1S/C11H15N3O4S2/c12-9-1-2-11(10(5-9)14(15)16)20(17,18)13-6-8-3-4-19-7-8/h1-2,5,8,13H,3-4,6-7,12H2. The maximum Gasteiger partial charge on any atom is 0.291 e. The first kappa shape index (κ1) is 15.1. The molecule has 1 aromatic rings. The van der Waals surface area contributed by atoms with E-state index < -0.39 is 20.6 Å². The van der Waals surface area contributed by atoms with Crippen molar-refractivity contribution in [3.8, 4) is 0 Å². The number of nitro groups is 1. The highest BCUT2D eigenvalue weighted by Crippen LogP contribution is 2.27. The van der Waals surface area contributed by atoms with Gasteiger partial charge in [0.2, 0.25) is 10.0 Å². The third kappa shape index (κ3) is 3.41. The zero-order chi connectivity index (χ0) is 14.8. The number of nitrogen functional groups attached to an aromatic ring is 1. The molecule has 1 unspecified atom stereocenters. The summed E-state index contributed by atoms with van der Waals surface area (Å²) >= 11 is 1.78. The molecule has 1 saturated heterocycles. The van der Waals surface area contributed by atoms with E-state index in [0.717, 1.165) is 24.0 Å². The monoisotopic (exact) mass is 317 g/mol. The van der Waals surface area contributed by atoms with Gasteiger partial charge in [-0.3, -0.25) is 10.1 Å². The number of nitrogens with two attached hydrogens (primary N) is 1. The summed E-state index contributed by atoms with van der Waals surface area (Å²) in [7, 11) is -3.90. The summed E-state index contributed by atoms with van der Waals surface area (Å²) in [5.74, 6) is 2.21. The number of thioether (sulfide) groups is 1. The van der Waals surface area contributed by atoms with Gasteiger partial charge in [-0.15, -0.1) is 0 Å². The fraction of sp³-hybridized carbons (Fsp3) is 0.455. The fourth-order valence-corrected chi connectivity index (χ4v) is 4.51. The van der Waals surface area contributed by atoms with Gasteiger partial charge in [0.15, 0.2) is 4.90 Å². The normalized spacial score (nSPS) is 19.1. The molecule has 110 valence electrons. The summed E-state index contributed by atoms with van der Waals surface area (Å²) < 4.78 is 26.8. The van der Waals surface area contributed by atoms with E-state index in [9.17, 15) is 18.5 Å². The first-order valence-corrected chi connectivity index (χ1v) is 8.65. The Bertz CT molecular complexity index is 612. The Hall–Kier alpha value is -1.32. The molecule has 1 fully saturated rings. The predicted octanol–water partition coefficient (Wildman–Crippen LogP) is 1.21. The molecular weight excluding hydrogens is 302 g/mol. The van der Waals surface area contributed by atoms with Crippen LogP contribution in [0.3, 0.4) is 0 Å². The van der Waals surface area contributed by atoms with Gasteiger partial charge in [0, 0.05) is 18.3 Å². The maximum atomic E-state index is 12.2. The third-order valence-electron chi connectivity index (χ3n) is 3.06. The highest BCUT2D eigenvalue weighted by molar-refractivity contribution is 7.99. The van der Waals surface area contributed by atoms with Crippen LogP contribution in [0, 0.1) is 16.0 Å². The molecule has 9 heteroatoms. The Morgan fingerprint density at radius 1 is 1.50 bits per heavy atom. The van der Waals surface area contributed by atoms with Crippen molar-refractivity contribution < 1.29 is 13.3 Å². The average Bonchev–Trinajstić information content (AvgIpc) is 2.89. The molecule has 0 bridgehead atoms. The van der Waals surface area contributed by atoms with Gasteiger partial charge in [0.25, 0.3) is 5.69 Å². The SMILES string of the molecule is Nc1ccc(S(=O)(=O)NCC2CCSC2)c([N+](=O)[O-])c1. The molecule has 0 saturated carbocycles. The van der Waals surface area contributed by atoms with Crippen molar-refractivity contribution in [1.82, 2.24) is 4.72 Å². The lowest BCUT2D eigenvalue weighted by atomic mass is 10.1. The van der Waals surface area contributed by atoms with E-state index in [1.807, 2.05) is 0 Å². The van der Waals surface area contributed by atoms with Crippen molar-refractivity contribution in [2.75, 3.05) is 23.8 Å². The van der Waals surface area contributed by atoms with Gasteiger partial charge in [-0.1, -0.05) is 0 Å². The van der Waals surface area contributed by atoms with Crippen molar-refractivity contribution in [3.63, 3.8) is 0 Å². The van der Waals surface area contributed by atoms with Crippen molar-refractivity contribution in [3.05, 3.63) is 28.3 Å². The molecule has 7 nitrogen and oxygen atoms in total. The second kappa shape index (κ2) is 5.98. The lowest BCUT2D eigenvalue weighted by Crippen LogP contribution is -2.29. The van der Waals surface area contributed by atoms with Gasteiger partial charge in [-0.25, -0.2) is 13.1 Å². The van der Waals surface area contributed by atoms with Crippen molar-refractivity contribution in [1.29, 1.82) is 0 Å². The van der Waals surface area contributed by atoms with E-state index in [1.165, 1.54) is 12.1 Å². The number of rotatable bonds is 5. The topological polar surface area (TPSA) is 115 Å². The summed E-state index contributed by atoms with van der Waals surface area (Å²) in [6, 6.07) is 3.56. The zero-order valence-corrected chi connectivity index (χ0v) is 12.2. The number of benzene rings is 1. The second-order valence-corrected chi connectivity index (χ2v) is 7.45. The summed E-state index contributed by atoms with van der Waals surface area (Å²) in [6.45, 7) is 0.302. The molecule has 3 N–H and O–H groups in total. The molecule has 1 aliphatic rings.